The molecule has 0 aliphatic rings. The molecule has 3 aromatic heterocycles. The molecular formula is C16H14N6OS. The molecule has 0 saturated heterocycles. The lowest BCUT2D eigenvalue weighted by molar-refractivity contribution is -0.116. The number of carbonyl (C=O) groups is 1. The lowest BCUT2D eigenvalue weighted by atomic mass is 10.3. The highest BCUT2D eigenvalue weighted by Gasteiger charge is 2.11. The van der Waals surface area contributed by atoms with Crippen molar-refractivity contribution < 1.29 is 4.79 Å². The third kappa shape index (κ3) is 2.91. The van der Waals surface area contributed by atoms with E-state index < -0.39 is 0 Å². The first kappa shape index (κ1) is 14.6. The average molecular weight is 338 g/mol. The molecular weight excluding hydrogens is 324 g/mol. The van der Waals surface area contributed by atoms with Crippen molar-refractivity contribution in [1.82, 2.24) is 24.8 Å². The number of nitrogens with one attached hydrogen (secondary N) is 1. The molecule has 0 bridgehead atoms. The van der Waals surface area contributed by atoms with Crippen LogP contribution in [0, 0.1) is 0 Å². The Morgan fingerprint density at radius 1 is 1.12 bits per heavy atom. The van der Waals surface area contributed by atoms with Crippen LogP contribution in [0.4, 0.5) is 5.82 Å². The number of carbonyl (C=O) groups excluding carboxylic acids is 1. The van der Waals surface area contributed by atoms with Gasteiger partial charge >= 0.3 is 0 Å². The molecule has 3 heterocycles. The molecule has 120 valence electrons. The monoisotopic (exact) mass is 338 g/mol. The molecule has 0 atom stereocenters. The normalized spacial score (nSPS) is 11.0. The molecule has 0 saturated carbocycles. The van der Waals surface area contributed by atoms with E-state index in [0.29, 0.717) is 12.4 Å². The van der Waals surface area contributed by atoms with Crippen LogP contribution in [0.5, 0.6) is 0 Å². The van der Waals surface area contributed by atoms with Gasteiger partial charge in [0.15, 0.2) is 0 Å². The van der Waals surface area contributed by atoms with Crippen LogP contribution in [0.25, 0.3) is 11.0 Å². The lowest BCUT2D eigenvalue weighted by Gasteiger charge is -2.08. The van der Waals surface area contributed by atoms with E-state index >= 15 is 0 Å². The van der Waals surface area contributed by atoms with Crippen LogP contribution in [0.3, 0.4) is 0 Å². The van der Waals surface area contributed by atoms with Crippen molar-refractivity contribution >= 4 is 34.1 Å². The van der Waals surface area contributed by atoms with E-state index in [-0.39, 0.29) is 12.5 Å². The Morgan fingerprint density at radius 3 is 2.92 bits per heavy atom. The van der Waals surface area contributed by atoms with Crippen molar-refractivity contribution in [3.05, 3.63) is 58.9 Å². The van der Waals surface area contributed by atoms with Crippen LogP contribution in [0.15, 0.2) is 54.0 Å². The summed E-state index contributed by atoms with van der Waals surface area (Å²) in [5, 5.41) is 17.3. The van der Waals surface area contributed by atoms with Gasteiger partial charge in [-0.1, -0.05) is 23.4 Å². The van der Waals surface area contributed by atoms with Crippen LogP contribution in [0.2, 0.25) is 0 Å². The maximum Gasteiger partial charge on any atom is 0.247 e. The molecule has 0 unspecified atom stereocenters. The fourth-order valence-corrected chi connectivity index (χ4v) is 3.15. The van der Waals surface area contributed by atoms with E-state index in [1.54, 1.807) is 33.0 Å². The molecule has 0 fully saturated rings. The SMILES string of the molecule is O=C(Cn1nnc2ccccc21)Nc1ccnn1Cc1cccs1. The zero-order chi connectivity index (χ0) is 16.4. The largest absolute Gasteiger partial charge is 0.309 e. The van der Waals surface area contributed by atoms with E-state index in [0.717, 1.165) is 11.0 Å². The van der Waals surface area contributed by atoms with Gasteiger partial charge in [0.1, 0.15) is 17.9 Å². The maximum absolute atomic E-state index is 12.3. The second-order valence-electron chi connectivity index (χ2n) is 5.24. The fourth-order valence-electron chi connectivity index (χ4n) is 2.47. The fraction of sp³-hybridized carbons (Fsp3) is 0.125. The zero-order valence-corrected chi connectivity index (χ0v) is 13.5. The smallest absolute Gasteiger partial charge is 0.247 e. The standard InChI is InChI=1S/C16H14N6OS/c23-16(11-21-14-6-2-1-5-13(14)19-20-21)18-15-7-8-17-22(15)10-12-4-3-9-24-12/h1-9H,10-11H2,(H,18,23). The van der Waals surface area contributed by atoms with Gasteiger partial charge in [0.05, 0.1) is 18.3 Å². The minimum Gasteiger partial charge on any atom is -0.309 e. The van der Waals surface area contributed by atoms with Gasteiger partial charge in [0, 0.05) is 10.9 Å². The second-order valence-corrected chi connectivity index (χ2v) is 6.27. The summed E-state index contributed by atoms with van der Waals surface area (Å²) >= 11 is 1.66. The Kier molecular flexibility index (Phi) is 3.80. The summed E-state index contributed by atoms with van der Waals surface area (Å²) in [6, 6.07) is 13.4. The molecule has 1 aromatic carbocycles. The van der Waals surface area contributed by atoms with Gasteiger partial charge in [-0.15, -0.1) is 16.4 Å². The number of hydrogen-bond acceptors (Lipinski definition) is 5. The lowest BCUT2D eigenvalue weighted by Crippen LogP contribution is -2.21. The number of benzene rings is 1. The number of fused-ring (bicyclic) bond motifs is 1. The summed E-state index contributed by atoms with van der Waals surface area (Å²) < 4.78 is 3.35. The molecule has 0 aliphatic heterocycles. The number of aromatic nitrogens is 5. The van der Waals surface area contributed by atoms with Crippen molar-refractivity contribution in [2.45, 2.75) is 13.1 Å². The van der Waals surface area contributed by atoms with Gasteiger partial charge in [-0.05, 0) is 23.6 Å². The molecule has 0 radical (unpaired) electrons. The van der Waals surface area contributed by atoms with Crippen LogP contribution < -0.4 is 5.32 Å². The Labute approximate surface area is 141 Å². The van der Waals surface area contributed by atoms with Crippen molar-refractivity contribution in [2.24, 2.45) is 0 Å². The molecule has 1 N–H and O–H groups in total. The van der Waals surface area contributed by atoms with Gasteiger partial charge in [-0.25, -0.2) is 9.36 Å². The first-order valence-electron chi connectivity index (χ1n) is 7.42. The van der Waals surface area contributed by atoms with Gasteiger partial charge in [-0.2, -0.15) is 5.10 Å². The number of thiophene rings is 1. The summed E-state index contributed by atoms with van der Waals surface area (Å²) in [4.78, 5) is 13.5. The third-order valence-electron chi connectivity index (χ3n) is 3.58. The number of para-hydroxylation sites is 1. The van der Waals surface area contributed by atoms with Crippen LogP contribution in [0.1, 0.15) is 4.88 Å². The van der Waals surface area contributed by atoms with E-state index in [4.69, 9.17) is 0 Å². The molecule has 0 aliphatic carbocycles. The Bertz CT molecular complexity index is 971. The Balaban J connectivity index is 1.48. The molecule has 1 amide bonds. The first-order chi connectivity index (χ1) is 11.8. The molecule has 0 spiro atoms. The quantitative estimate of drug-likeness (QED) is 0.606. The van der Waals surface area contributed by atoms with Crippen molar-refractivity contribution in [3.63, 3.8) is 0 Å². The zero-order valence-electron chi connectivity index (χ0n) is 12.7. The van der Waals surface area contributed by atoms with E-state index in [1.165, 1.54) is 4.88 Å². The molecule has 24 heavy (non-hydrogen) atoms. The topological polar surface area (TPSA) is 77.6 Å². The molecule has 4 aromatic rings. The number of rotatable bonds is 5. The summed E-state index contributed by atoms with van der Waals surface area (Å²) in [5.41, 5.74) is 1.60. The highest BCUT2D eigenvalue weighted by molar-refractivity contribution is 7.09. The van der Waals surface area contributed by atoms with Crippen molar-refractivity contribution in [1.29, 1.82) is 0 Å². The summed E-state index contributed by atoms with van der Waals surface area (Å²) in [6.07, 6.45) is 1.67. The minimum absolute atomic E-state index is 0.102. The number of hydrogen-bond donors (Lipinski definition) is 1. The van der Waals surface area contributed by atoms with E-state index in [9.17, 15) is 4.79 Å². The van der Waals surface area contributed by atoms with Gasteiger partial charge in [0.25, 0.3) is 0 Å². The number of nitrogens with zero attached hydrogens (tertiary/aromatic N) is 5. The highest BCUT2D eigenvalue weighted by atomic mass is 32.1. The predicted octanol–water partition coefficient (Wildman–Crippen LogP) is 2.38. The summed E-state index contributed by atoms with van der Waals surface area (Å²) in [6.45, 7) is 0.733. The Hall–Kier alpha value is -3.00. The van der Waals surface area contributed by atoms with Gasteiger partial charge in [0.2, 0.25) is 5.91 Å². The number of anilines is 1. The van der Waals surface area contributed by atoms with Crippen LogP contribution in [-0.2, 0) is 17.9 Å². The molecule has 7 nitrogen and oxygen atoms in total. The van der Waals surface area contributed by atoms with Crippen LogP contribution in [-0.4, -0.2) is 30.7 Å². The first-order valence-corrected chi connectivity index (χ1v) is 8.30. The van der Waals surface area contributed by atoms with E-state index in [2.05, 4.69) is 20.7 Å². The minimum atomic E-state index is -0.168. The van der Waals surface area contributed by atoms with Crippen molar-refractivity contribution in [3.8, 4) is 0 Å². The highest BCUT2D eigenvalue weighted by Crippen LogP contribution is 2.15. The predicted molar refractivity (Wildman–Crippen MR) is 91.8 cm³/mol. The summed E-state index contributed by atoms with van der Waals surface area (Å²) in [5.74, 6) is 0.497. The van der Waals surface area contributed by atoms with Crippen molar-refractivity contribution in [2.75, 3.05) is 5.32 Å². The third-order valence-corrected chi connectivity index (χ3v) is 4.44. The molecule has 4 rings (SSSR count). The van der Waals surface area contributed by atoms with E-state index in [1.807, 2.05) is 41.8 Å². The Morgan fingerprint density at radius 2 is 2.04 bits per heavy atom. The van der Waals surface area contributed by atoms with Gasteiger partial charge in [-0.3, -0.25) is 4.79 Å². The van der Waals surface area contributed by atoms with Crippen LogP contribution >= 0.6 is 11.3 Å². The second kappa shape index (κ2) is 6.25. The summed E-state index contributed by atoms with van der Waals surface area (Å²) in [7, 11) is 0. The maximum atomic E-state index is 12.3. The average Bonchev–Trinajstić information content (AvgIpc) is 3.31. The number of amides is 1. The molecule has 8 heteroatoms. The van der Waals surface area contributed by atoms with Gasteiger partial charge < -0.3 is 5.32 Å².